The van der Waals surface area contributed by atoms with Crippen LogP contribution in [0.2, 0.25) is 0 Å². The Labute approximate surface area is 126 Å². The predicted molar refractivity (Wildman–Crippen MR) is 81.3 cm³/mol. The van der Waals surface area contributed by atoms with Crippen molar-refractivity contribution < 1.29 is 9.13 Å². The van der Waals surface area contributed by atoms with Crippen LogP contribution in [0.15, 0.2) is 40.9 Å². The average Bonchev–Trinajstić information content (AvgIpc) is 2.45. The fourth-order valence-corrected chi connectivity index (χ4v) is 2.95. The smallest absolute Gasteiger partial charge is 0.139 e. The maximum Gasteiger partial charge on any atom is 0.139 e. The van der Waals surface area contributed by atoms with E-state index in [0.29, 0.717) is 17.7 Å². The van der Waals surface area contributed by atoms with Gasteiger partial charge >= 0.3 is 0 Å². The molecule has 2 nitrogen and oxygen atoms in total. The van der Waals surface area contributed by atoms with E-state index in [0.717, 1.165) is 11.3 Å². The van der Waals surface area contributed by atoms with Gasteiger partial charge in [-0.3, -0.25) is 0 Å². The van der Waals surface area contributed by atoms with Gasteiger partial charge in [-0.1, -0.05) is 24.3 Å². The van der Waals surface area contributed by atoms with Crippen LogP contribution in [0.3, 0.4) is 0 Å². The molecular weight excluding hydrogens is 321 g/mol. The van der Waals surface area contributed by atoms with E-state index >= 15 is 0 Å². The van der Waals surface area contributed by atoms with Crippen molar-refractivity contribution in [2.75, 3.05) is 11.9 Å². The number of ether oxygens (including phenoxy) is 1. The number of rotatable bonds is 2. The van der Waals surface area contributed by atoms with Crippen LogP contribution in [-0.2, 0) is 11.3 Å². The molecule has 0 spiro atoms. The SMILES string of the molecule is Cc1cc(Br)c(F)cc1NC1COCc2ccccc21. The lowest BCUT2D eigenvalue weighted by Crippen LogP contribution is -2.23. The van der Waals surface area contributed by atoms with Gasteiger partial charge in [-0.2, -0.15) is 0 Å². The quantitative estimate of drug-likeness (QED) is 0.867. The van der Waals surface area contributed by atoms with Crippen molar-refractivity contribution >= 4 is 21.6 Å². The molecule has 1 N–H and O–H groups in total. The van der Waals surface area contributed by atoms with E-state index in [2.05, 4.69) is 33.4 Å². The maximum absolute atomic E-state index is 13.7. The Balaban J connectivity index is 1.91. The molecule has 1 aliphatic rings. The molecule has 0 saturated carbocycles. The second-order valence-corrected chi connectivity index (χ2v) is 5.85. The third-order valence-electron chi connectivity index (χ3n) is 3.57. The van der Waals surface area contributed by atoms with Gasteiger partial charge in [-0.15, -0.1) is 0 Å². The van der Waals surface area contributed by atoms with Crippen LogP contribution in [0.1, 0.15) is 22.7 Å². The first-order valence-corrected chi connectivity index (χ1v) is 7.32. The predicted octanol–water partition coefficient (Wildman–Crippen LogP) is 4.58. The summed E-state index contributed by atoms with van der Waals surface area (Å²) in [6.45, 7) is 3.19. The first-order valence-electron chi connectivity index (χ1n) is 6.53. The van der Waals surface area contributed by atoms with Crippen LogP contribution >= 0.6 is 15.9 Å². The second-order valence-electron chi connectivity index (χ2n) is 4.99. The Bertz CT molecular complexity index is 644. The van der Waals surface area contributed by atoms with E-state index < -0.39 is 0 Å². The zero-order valence-electron chi connectivity index (χ0n) is 11.1. The van der Waals surface area contributed by atoms with E-state index in [9.17, 15) is 4.39 Å². The van der Waals surface area contributed by atoms with Crippen LogP contribution < -0.4 is 5.32 Å². The fraction of sp³-hybridized carbons (Fsp3) is 0.250. The molecule has 104 valence electrons. The number of halogens is 2. The van der Waals surface area contributed by atoms with Crippen LogP contribution in [-0.4, -0.2) is 6.61 Å². The molecule has 0 aliphatic carbocycles. The average molecular weight is 336 g/mol. The summed E-state index contributed by atoms with van der Waals surface area (Å²) in [5, 5.41) is 3.39. The summed E-state index contributed by atoms with van der Waals surface area (Å²) in [7, 11) is 0. The Morgan fingerprint density at radius 3 is 2.95 bits per heavy atom. The highest BCUT2D eigenvalue weighted by atomic mass is 79.9. The third-order valence-corrected chi connectivity index (χ3v) is 4.18. The molecule has 1 atom stereocenters. The summed E-state index contributed by atoms with van der Waals surface area (Å²) in [6, 6.07) is 11.6. The first kappa shape index (κ1) is 13.6. The van der Waals surface area contributed by atoms with Crippen molar-refractivity contribution in [2.24, 2.45) is 0 Å². The molecule has 3 rings (SSSR count). The fourth-order valence-electron chi connectivity index (χ4n) is 2.49. The van der Waals surface area contributed by atoms with Crippen LogP contribution in [0.4, 0.5) is 10.1 Å². The minimum atomic E-state index is -0.261. The zero-order chi connectivity index (χ0) is 14.1. The van der Waals surface area contributed by atoms with Gasteiger partial charge in [0.05, 0.1) is 23.7 Å². The van der Waals surface area contributed by atoms with Crippen LogP contribution in [0.25, 0.3) is 0 Å². The first-order chi connectivity index (χ1) is 9.65. The molecule has 0 saturated heterocycles. The molecule has 0 fully saturated rings. The number of nitrogens with one attached hydrogen (secondary N) is 1. The Hall–Kier alpha value is -1.39. The summed E-state index contributed by atoms with van der Waals surface area (Å²) in [5.74, 6) is -0.261. The van der Waals surface area contributed by atoms with E-state index in [-0.39, 0.29) is 11.9 Å². The Morgan fingerprint density at radius 2 is 2.10 bits per heavy atom. The molecule has 0 amide bonds. The van der Waals surface area contributed by atoms with Crippen molar-refractivity contribution in [1.29, 1.82) is 0 Å². The number of anilines is 1. The van der Waals surface area contributed by atoms with Gasteiger partial charge in [0.25, 0.3) is 0 Å². The highest BCUT2D eigenvalue weighted by molar-refractivity contribution is 9.10. The molecule has 0 aromatic heterocycles. The van der Waals surface area contributed by atoms with Crippen LogP contribution in [0.5, 0.6) is 0 Å². The summed E-state index contributed by atoms with van der Waals surface area (Å²) < 4.78 is 19.8. The van der Waals surface area contributed by atoms with Crippen molar-refractivity contribution in [2.45, 2.75) is 19.6 Å². The molecule has 1 unspecified atom stereocenters. The minimum absolute atomic E-state index is 0.0548. The third kappa shape index (κ3) is 2.58. The largest absolute Gasteiger partial charge is 0.376 e. The van der Waals surface area contributed by atoms with Crippen molar-refractivity contribution in [3.05, 3.63) is 63.4 Å². The molecular formula is C16H15BrFNO. The normalized spacial score (nSPS) is 17.6. The van der Waals surface area contributed by atoms with Gasteiger partial charge in [-0.25, -0.2) is 4.39 Å². The van der Waals surface area contributed by atoms with Gasteiger partial charge in [-0.05, 0) is 51.7 Å². The minimum Gasteiger partial charge on any atom is -0.376 e. The number of hydrogen-bond acceptors (Lipinski definition) is 2. The lowest BCUT2D eigenvalue weighted by atomic mass is 9.98. The lowest BCUT2D eigenvalue weighted by Gasteiger charge is -2.28. The van der Waals surface area contributed by atoms with Gasteiger partial charge in [0.2, 0.25) is 0 Å². The van der Waals surface area contributed by atoms with Gasteiger partial charge in [0.15, 0.2) is 0 Å². The molecule has 4 heteroatoms. The molecule has 0 bridgehead atoms. The number of benzene rings is 2. The summed E-state index contributed by atoms with van der Waals surface area (Å²) in [5.41, 5.74) is 4.21. The van der Waals surface area contributed by atoms with Crippen LogP contribution in [0, 0.1) is 12.7 Å². The number of aryl methyl sites for hydroxylation is 1. The summed E-state index contributed by atoms with van der Waals surface area (Å²) in [6.07, 6.45) is 0. The van der Waals surface area contributed by atoms with Crippen molar-refractivity contribution in [3.8, 4) is 0 Å². The van der Waals surface area contributed by atoms with Gasteiger partial charge < -0.3 is 10.1 Å². The number of hydrogen-bond donors (Lipinski definition) is 1. The highest BCUT2D eigenvalue weighted by Gasteiger charge is 2.21. The lowest BCUT2D eigenvalue weighted by molar-refractivity contribution is 0.0970. The van der Waals surface area contributed by atoms with E-state index in [1.54, 1.807) is 6.07 Å². The Kier molecular flexibility index (Phi) is 3.76. The monoisotopic (exact) mass is 335 g/mol. The second kappa shape index (κ2) is 5.54. The van der Waals surface area contributed by atoms with Crippen molar-refractivity contribution in [3.63, 3.8) is 0 Å². The summed E-state index contributed by atoms with van der Waals surface area (Å²) in [4.78, 5) is 0. The molecule has 1 heterocycles. The van der Waals surface area contributed by atoms with Gasteiger partial charge in [0, 0.05) is 5.69 Å². The highest BCUT2D eigenvalue weighted by Crippen LogP contribution is 2.31. The molecule has 2 aromatic rings. The van der Waals surface area contributed by atoms with Crippen molar-refractivity contribution in [1.82, 2.24) is 0 Å². The van der Waals surface area contributed by atoms with E-state index in [1.807, 2.05) is 19.1 Å². The van der Waals surface area contributed by atoms with Gasteiger partial charge in [0.1, 0.15) is 5.82 Å². The maximum atomic E-state index is 13.7. The molecule has 0 radical (unpaired) electrons. The molecule has 2 aromatic carbocycles. The number of fused-ring (bicyclic) bond motifs is 1. The topological polar surface area (TPSA) is 21.3 Å². The zero-order valence-corrected chi connectivity index (χ0v) is 12.7. The Morgan fingerprint density at radius 1 is 1.30 bits per heavy atom. The van der Waals surface area contributed by atoms with E-state index in [1.165, 1.54) is 17.2 Å². The van der Waals surface area contributed by atoms with E-state index in [4.69, 9.17) is 4.74 Å². The molecule has 1 aliphatic heterocycles. The summed E-state index contributed by atoms with van der Waals surface area (Å²) >= 11 is 3.20. The molecule has 20 heavy (non-hydrogen) atoms. The standard InChI is InChI=1S/C16H15BrFNO/c1-10-6-13(17)14(18)7-15(10)19-16-9-20-8-11-4-2-3-5-12(11)16/h2-7,16,19H,8-9H2,1H3.